The van der Waals surface area contributed by atoms with Crippen LogP contribution in [0.15, 0.2) is 79.0 Å². The van der Waals surface area contributed by atoms with Crippen molar-refractivity contribution in [1.82, 2.24) is 14.8 Å². The maximum absolute atomic E-state index is 13.1. The topological polar surface area (TPSA) is 91.6 Å². The molecule has 2 atom stereocenters. The minimum Gasteiger partial charge on any atom is -0.465 e. The summed E-state index contributed by atoms with van der Waals surface area (Å²) < 4.78 is 1.57. The molecule has 2 amide bonds. The highest BCUT2D eigenvalue weighted by atomic mass is 16.4. The van der Waals surface area contributed by atoms with Crippen molar-refractivity contribution in [2.24, 2.45) is 0 Å². The van der Waals surface area contributed by atoms with Crippen molar-refractivity contribution < 1.29 is 19.5 Å². The normalized spacial score (nSPS) is 13.5. The number of nitrogens with one attached hydrogen (secondary N) is 1. The second kappa shape index (κ2) is 11.0. The van der Waals surface area contributed by atoms with E-state index in [1.54, 1.807) is 44.5 Å². The van der Waals surface area contributed by atoms with E-state index < -0.39 is 29.6 Å². The average Bonchev–Trinajstić information content (AvgIpc) is 3.24. The SMILES string of the molecule is C[C@@H](C(=O)N[C@H](/C=C/C(=O)n1ccc2ccccc21)CCc1ccccc1)N(C(=O)O)C(C)(C)C. The number of para-hydroxylation sites is 1. The van der Waals surface area contributed by atoms with Gasteiger partial charge in [0.05, 0.1) is 5.52 Å². The Morgan fingerprint density at radius 2 is 1.69 bits per heavy atom. The Kier molecular flexibility index (Phi) is 8.12. The second-order valence-corrected chi connectivity index (χ2v) is 9.58. The monoisotopic (exact) mass is 475 g/mol. The molecule has 0 unspecified atom stereocenters. The van der Waals surface area contributed by atoms with Gasteiger partial charge in [0.15, 0.2) is 0 Å². The Balaban J connectivity index is 1.79. The minimum absolute atomic E-state index is 0.222. The maximum Gasteiger partial charge on any atom is 0.408 e. The smallest absolute Gasteiger partial charge is 0.408 e. The molecule has 1 heterocycles. The van der Waals surface area contributed by atoms with Gasteiger partial charge in [0.25, 0.3) is 5.91 Å². The largest absolute Gasteiger partial charge is 0.465 e. The maximum atomic E-state index is 13.1. The Morgan fingerprint density at radius 3 is 2.34 bits per heavy atom. The average molecular weight is 476 g/mol. The van der Waals surface area contributed by atoms with E-state index in [0.717, 1.165) is 21.4 Å². The molecule has 1 aromatic heterocycles. The Hall–Kier alpha value is -3.87. The van der Waals surface area contributed by atoms with Gasteiger partial charge < -0.3 is 10.4 Å². The fourth-order valence-electron chi connectivity index (χ4n) is 4.19. The van der Waals surface area contributed by atoms with Crippen LogP contribution in [0.3, 0.4) is 0 Å². The van der Waals surface area contributed by atoms with Crippen LogP contribution in [0.4, 0.5) is 4.79 Å². The Labute approximate surface area is 206 Å². The number of fused-ring (bicyclic) bond motifs is 1. The number of carbonyl (C=O) groups excluding carboxylic acids is 2. The molecule has 0 saturated heterocycles. The number of aryl methyl sites for hydroxylation is 1. The number of amides is 2. The van der Waals surface area contributed by atoms with Crippen molar-refractivity contribution >= 4 is 28.8 Å². The van der Waals surface area contributed by atoms with Gasteiger partial charge in [-0.25, -0.2) is 4.79 Å². The lowest BCUT2D eigenvalue weighted by molar-refractivity contribution is -0.127. The number of hydrogen-bond acceptors (Lipinski definition) is 3. The van der Waals surface area contributed by atoms with Gasteiger partial charge in [-0.2, -0.15) is 0 Å². The van der Waals surface area contributed by atoms with Crippen molar-refractivity contribution in [3.8, 4) is 0 Å². The molecule has 7 nitrogen and oxygen atoms in total. The molecule has 0 aliphatic heterocycles. The molecule has 0 spiro atoms. The first-order valence-corrected chi connectivity index (χ1v) is 11.7. The van der Waals surface area contributed by atoms with Crippen LogP contribution in [-0.4, -0.2) is 50.1 Å². The summed E-state index contributed by atoms with van der Waals surface area (Å²) in [5.74, 6) is -0.635. The number of carboxylic acid groups (broad SMARTS) is 1. The highest BCUT2D eigenvalue weighted by molar-refractivity contribution is 5.98. The Bertz CT molecular complexity index is 1210. The molecule has 0 radical (unpaired) electrons. The van der Waals surface area contributed by atoms with Crippen LogP contribution in [0.2, 0.25) is 0 Å². The van der Waals surface area contributed by atoms with E-state index in [9.17, 15) is 19.5 Å². The molecule has 35 heavy (non-hydrogen) atoms. The van der Waals surface area contributed by atoms with Gasteiger partial charge in [-0.05, 0) is 58.2 Å². The molecule has 0 bridgehead atoms. The van der Waals surface area contributed by atoms with Gasteiger partial charge in [0, 0.05) is 29.2 Å². The third-order valence-electron chi connectivity index (χ3n) is 5.92. The number of benzene rings is 2. The number of rotatable bonds is 8. The quantitative estimate of drug-likeness (QED) is 0.442. The third kappa shape index (κ3) is 6.59. The predicted molar refractivity (Wildman–Crippen MR) is 137 cm³/mol. The fraction of sp³-hybridized carbons (Fsp3) is 0.321. The van der Waals surface area contributed by atoms with Crippen LogP contribution >= 0.6 is 0 Å². The first-order valence-electron chi connectivity index (χ1n) is 11.7. The Morgan fingerprint density at radius 1 is 1.03 bits per heavy atom. The molecule has 7 heteroatoms. The van der Waals surface area contributed by atoms with Crippen molar-refractivity contribution in [2.45, 2.75) is 58.2 Å². The third-order valence-corrected chi connectivity index (χ3v) is 5.92. The summed E-state index contributed by atoms with van der Waals surface area (Å²) >= 11 is 0. The standard InChI is InChI=1S/C28H33N3O4/c1-20(31(27(34)35)28(2,3)4)26(33)29-23(15-14-21-10-6-5-7-11-21)16-17-25(32)30-19-18-22-12-8-9-13-24(22)30/h5-13,16-20,23H,14-15H2,1-4H3,(H,29,33)(H,34,35)/b17-16+/t20-,23-/m0/s1. The van der Waals surface area contributed by atoms with Crippen LogP contribution in [0.5, 0.6) is 0 Å². The first kappa shape index (κ1) is 25.7. The lowest BCUT2D eigenvalue weighted by Crippen LogP contribution is -2.56. The highest BCUT2D eigenvalue weighted by Crippen LogP contribution is 2.18. The van der Waals surface area contributed by atoms with Gasteiger partial charge in [0.2, 0.25) is 5.91 Å². The van der Waals surface area contributed by atoms with Crippen molar-refractivity contribution in [3.63, 3.8) is 0 Å². The summed E-state index contributed by atoms with van der Waals surface area (Å²) in [5.41, 5.74) is 1.17. The summed E-state index contributed by atoms with van der Waals surface area (Å²) in [6, 6.07) is 18.0. The minimum atomic E-state index is -1.16. The van der Waals surface area contributed by atoms with Gasteiger partial charge in [0.1, 0.15) is 6.04 Å². The van der Waals surface area contributed by atoms with Crippen LogP contribution < -0.4 is 5.32 Å². The zero-order valence-corrected chi connectivity index (χ0v) is 20.6. The van der Waals surface area contributed by atoms with E-state index in [-0.39, 0.29) is 5.91 Å². The van der Waals surface area contributed by atoms with Crippen LogP contribution in [-0.2, 0) is 11.2 Å². The number of carbonyl (C=O) groups is 3. The first-order chi connectivity index (χ1) is 16.6. The summed E-state index contributed by atoms with van der Waals surface area (Å²) in [5, 5.41) is 13.6. The lowest BCUT2D eigenvalue weighted by atomic mass is 10.0. The summed E-state index contributed by atoms with van der Waals surface area (Å²) in [6.45, 7) is 6.82. The van der Waals surface area contributed by atoms with E-state index in [4.69, 9.17) is 0 Å². The number of nitrogens with zero attached hydrogens (tertiary/aromatic N) is 2. The second-order valence-electron chi connectivity index (χ2n) is 9.58. The van der Waals surface area contributed by atoms with E-state index in [1.165, 1.54) is 6.08 Å². The molecule has 184 valence electrons. The van der Waals surface area contributed by atoms with Gasteiger partial charge in [-0.3, -0.25) is 19.1 Å². The molecular weight excluding hydrogens is 442 g/mol. The fourth-order valence-corrected chi connectivity index (χ4v) is 4.19. The lowest BCUT2D eigenvalue weighted by Gasteiger charge is -2.37. The van der Waals surface area contributed by atoms with E-state index in [1.807, 2.05) is 60.7 Å². The predicted octanol–water partition coefficient (Wildman–Crippen LogP) is 5.12. The molecule has 0 aliphatic rings. The van der Waals surface area contributed by atoms with Crippen molar-refractivity contribution in [1.29, 1.82) is 0 Å². The summed E-state index contributed by atoms with van der Waals surface area (Å²) in [6.07, 6.45) is 4.96. The van der Waals surface area contributed by atoms with Crippen LogP contribution in [0.1, 0.15) is 44.5 Å². The van der Waals surface area contributed by atoms with Gasteiger partial charge in [-0.1, -0.05) is 54.6 Å². The van der Waals surface area contributed by atoms with Crippen molar-refractivity contribution in [3.05, 3.63) is 84.6 Å². The number of hydrogen-bond donors (Lipinski definition) is 2. The molecule has 3 aromatic rings. The van der Waals surface area contributed by atoms with Gasteiger partial charge in [-0.15, -0.1) is 0 Å². The highest BCUT2D eigenvalue weighted by Gasteiger charge is 2.35. The molecule has 3 rings (SSSR count). The molecule has 2 N–H and O–H groups in total. The number of allylic oxidation sites excluding steroid dienone is 1. The van der Waals surface area contributed by atoms with E-state index in [2.05, 4.69) is 5.32 Å². The van der Waals surface area contributed by atoms with Crippen LogP contribution in [0, 0.1) is 0 Å². The summed E-state index contributed by atoms with van der Waals surface area (Å²) in [4.78, 5) is 39.0. The van der Waals surface area contributed by atoms with E-state index >= 15 is 0 Å². The molecule has 0 aliphatic carbocycles. The molecular formula is C28H33N3O4. The zero-order chi connectivity index (χ0) is 25.6. The molecule has 0 fully saturated rings. The van der Waals surface area contributed by atoms with E-state index in [0.29, 0.717) is 12.8 Å². The van der Waals surface area contributed by atoms with Gasteiger partial charge >= 0.3 is 6.09 Å². The molecule has 0 saturated carbocycles. The number of aromatic nitrogens is 1. The van der Waals surface area contributed by atoms with Crippen LogP contribution in [0.25, 0.3) is 10.9 Å². The zero-order valence-electron chi connectivity index (χ0n) is 20.6. The molecule has 2 aromatic carbocycles. The summed E-state index contributed by atoms with van der Waals surface area (Å²) in [7, 11) is 0. The van der Waals surface area contributed by atoms with Crippen molar-refractivity contribution in [2.75, 3.05) is 0 Å².